The van der Waals surface area contributed by atoms with E-state index in [4.69, 9.17) is 4.74 Å². The smallest absolute Gasteiger partial charge is 0.341 e. The number of hydrogen-bond acceptors (Lipinski definition) is 5. The minimum Gasteiger partial charge on any atom is -0.462 e. The van der Waals surface area contributed by atoms with Crippen molar-refractivity contribution in [2.24, 2.45) is 0 Å². The summed E-state index contributed by atoms with van der Waals surface area (Å²) in [4.78, 5) is 28.2. The van der Waals surface area contributed by atoms with Crippen molar-refractivity contribution in [1.29, 1.82) is 0 Å². The van der Waals surface area contributed by atoms with E-state index in [-0.39, 0.29) is 11.9 Å². The molecule has 0 saturated heterocycles. The Morgan fingerprint density at radius 3 is 2.47 bits per heavy atom. The minimum atomic E-state index is -0.430. The number of hydrogen-bond donors (Lipinski definition) is 1. The zero-order valence-corrected chi connectivity index (χ0v) is 18.4. The van der Waals surface area contributed by atoms with Crippen LogP contribution >= 0.6 is 23.1 Å². The van der Waals surface area contributed by atoms with Gasteiger partial charge in [-0.15, -0.1) is 23.1 Å². The van der Waals surface area contributed by atoms with Crippen LogP contribution in [-0.4, -0.2) is 18.5 Å². The number of nitrogens with one attached hydrogen (secondary N) is 1. The van der Waals surface area contributed by atoms with Gasteiger partial charge in [0.15, 0.2) is 0 Å². The van der Waals surface area contributed by atoms with Crippen molar-refractivity contribution in [2.45, 2.75) is 36.3 Å². The Hall–Kier alpha value is -2.57. The average Bonchev–Trinajstić information content (AvgIpc) is 3.34. The highest BCUT2D eigenvalue weighted by atomic mass is 32.2. The third-order valence-electron chi connectivity index (χ3n) is 4.98. The lowest BCUT2D eigenvalue weighted by Gasteiger charge is -2.17. The first-order valence-corrected chi connectivity index (χ1v) is 11.8. The minimum absolute atomic E-state index is 0.138. The molecule has 0 fully saturated rings. The maximum atomic E-state index is 13.4. The number of amides is 1. The molecule has 1 N–H and O–H groups in total. The van der Waals surface area contributed by atoms with Gasteiger partial charge in [0.25, 0.3) is 0 Å². The number of ether oxygens (including phenoxy) is 1. The van der Waals surface area contributed by atoms with Crippen LogP contribution in [0, 0.1) is 0 Å². The molecular formula is C24H23NO3S2. The van der Waals surface area contributed by atoms with Gasteiger partial charge in [0.2, 0.25) is 5.91 Å². The molecule has 1 amide bonds. The summed E-state index contributed by atoms with van der Waals surface area (Å²) >= 11 is 3.01. The molecule has 4 rings (SSSR count). The largest absolute Gasteiger partial charge is 0.462 e. The second kappa shape index (κ2) is 9.49. The van der Waals surface area contributed by atoms with Gasteiger partial charge in [0.1, 0.15) is 10.3 Å². The van der Waals surface area contributed by atoms with E-state index in [0.717, 1.165) is 35.3 Å². The number of anilines is 1. The van der Waals surface area contributed by atoms with Crippen LogP contribution in [0.25, 0.3) is 0 Å². The zero-order chi connectivity index (χ0) is 20.9. The number of rotatable bonds is 7. The molecule has 1 atom stereocenters. The van der Waals surface area contributed by atoms with Gasteiger partial charge in [-0.2, -0.15) is 0 Å². The molecule has 1 unspecified atom stereocenters. The maximum Gasteiger partial charge on any atom is 0.341 e. The van der Waals surface area contributed by atoms with Crippen LogP contribution in [0.15, 0.2) is 65.6 Å². The van der Waals surface area contributed by atoms with Crippen molar-refractivity contribution < 1.29 is 14.3 Å². The summed E-state index contributed by atoms with van der Waals surface area (Å²) in [6.07, 6.45) is 2.85. The van der Waals surface area contributed by atoms with E-state index < -0.39 is 5.25 Å². The zero-order valence-electron chi connectivity index (χ0n) is 16.7. The number of thioether (sulfide) groups is 1. The van der Waals surface area contributed by atoms with Gasteiger partial charge in [-0.05, 0) is 49.4 Å². The van der Waals surface area contributed by atoms with E-state index in [1.165, 1.54) is 28.0 Å². The summed E-state index contributed by atoms with van der Waals surface area (Å²) in [5, 5.41) is 3.24. The molecule has 0 radical (unpaired) electrons. The summed E-state index contributed by atoms with van der Waals surface area (Å²) in [6, 6.07) is 19.6. The molecule has 3 aromatic rings. The van der Waals surface area contributed by atoms with Crippen LogP contribution in [-0.2, 0) is 22.4 Å². The standard InChI is InChI=1S/C24H23NO3S2/c1-2-28-24(27)20-18-14-9-15-19(18)30-23(20)25-22(26)21(16-10-5-3-6-11-16)29-17-12-7-4-8-13-17/h3-8,10-13,21H,2,9,14-15H2,1H3,(H,25,26). The van der Waals surface area contributed by atoms with Gasteiger partial charge >= 0.3 is 5.97 Å². The van der Waals surface area contributed by atoms with Crippen LogP contribution in [0.1, 0.15) is 45.0 Å². The fourth-order valence-electron chi connectivity index (χ4n) is 3.62. The predicted molar refractivity (Wildman–Crippen MR) is 122 cm³/mol. The predicted octanol–water partition coefficient (Wildman–Crippen LogP) is 5.89. The Morgan fingerprint density at radius 2 is 1.77 bits per heavy atom. The number of fused-ring (bicyclic) bond motifs is 1. The van der Waals surface area contributed by atoms with Gasteiger partial charge in [0, 0.05) is 9.77 Å². The number of thiophene rings is 1. The van der Waals surface area contributed by atoms with Crippen LogP contribution in [0.4, 0.5) is 5.00 Å². The summed E-state index contributed by atoms with van der Waals surface area (Å²) in [5.41, 5.74) is 2.51. The Bertz CT molecular complexity index is 1030. The van der Waals surface area contributed by atoms with Crippen molar-refractivity contribution in [3.63, 3.8) is 0 Å². The normalized spacial score (nSPS) is 13.5. The molecular weight excluding hydrogens is 414 g/mol. The number of carbonyl (C=O) groups is 2. The Balaban J connectivity index is 1.64. The van der Waals surface area contributed by atoms with Crippen LogP contribution < -0.4 is 5.32 Å². The molecule has 1 aromatic heterocycles. The van der Waals surface area contributed by atoms with Gasteiger partial charge in [-0.1, -0.05) is 48.5 Å². The van der Waals surface area contributed by atoms with Crippen molar-refractivity contribution in [1.82, 2.24) is 0 Å². The first-order valence-electron chi connectivity index (χ1n) is 10.1. The summed E-state index contributed by atoms with van der Waals surface area (Å²) in [5.74, 6) is -0.486. The molecule has 1 aliphatic rings. The SMILES string of the molecule is CCOC(=O)c1c(NC(=O)C(Sc2ccccc2)c2ccccc2)sc2c1CCC2. The van der Waals surface area contributed by atoms with Gasteiger partial charge in [0.05, 0.1) is 12.2 Å². The number of aryl methyl sites for hydroxylation is 1. The molecule has 1 heterocycles. The van der Waals surface area contributed by atoms with E-state index in [1.54, 1.807) is 6.92 Å². The summed E-state index contributed by atoms with van der Waals surface area (Å²) in [6.45, 7) is 2.11. The summed E-state index contributed by atoms with van der Waals surface area (Å²) in [7, 11) is 0. The quantitative estimate of drug-likeness (QED) is 0.370. The third kappa shape index (κ3) is 4.45. The lowest BCUT2D eigenvalue weighted by Crippen LogP contribution is -2.20. The second-order valence-electron chi connectivity index (χ2n) is 6.99. The van der Waals surface area contributed by atoms with E-state index in [1.807, 2.05) is 60.7 Å². The molecule has 1 aliphatic carbocycles. The molecule has 0 aliphatic heterocycles. The van der Waals surface area contributed by atoms with Crippen molar-refractivity contribution >= 4 is 40.0 Å². The van der Waals surface area contributed by atoms with Crippen LogP contribution in [0.2, 0.25) is 0 Å². The first kappa shape index (κ1) is 20.7. The number of carbonyl (C=O) groups excluding carboxylic acids is 2. The highest BCUT2D eigenvalue weighted by Crippen LogP contribution is 2.41. The molecule has 0 saturated carbocycles. The molecule has 154 valence electrons. The van der Waals surface area contributed by atoms with Gasteiger partial charge in [-0.3, -0.25) is 4.79 Å². The molecule has 6 heteroatoms. The molecule has 0 spiro atoms. The van der Waals surface area contributed by atoms with Crippen LogP contribution in [0.3, 0.4) is 0 Å². The average molecular weight is 438 g/mol. The molecule has 0 bridgehead atoms. The van der Waals surface area contributed by atoms with Gasteiger partial charge < -0.3 is 10.1 Å². The monoisotopic (exact) mass is 437 g/mol. The fourth-order valence-corrected chi connectivity index (χ4v) is 5.95. The maximum absolute atomic E-state index is 13.4. The Morgan fingerprint density at radius 1 is 1.07 bits per heavy atom. The highest BCUT2D eigenvalue weighted by molar-refractivity contribution is 8.00. The van der Waals surface area contributed by atoms with E-state index >= 15 is 0 Å². The van der Waals surface area contributed by atoms with Crippen molar-refractivity contribution in [3.05, 3.63) is 82.2 Å². The molecule has 4 nitrogen and oxygen atoms in total. The fraction of sp³-hybridized carbons (Fsp3) is 0.250. The molecule has 2 aromatic carbocycles. The second-order valence-corrected chi connectivity index (χ2v) is 9.28. The van der Waals surface area contributed by atoms with Crippen molar-refractivity contribution in [2.75, 3.05) is 11.9 Å². The molecule has 30 heavy (non-hydrogen) atoms. The van der Waals surface area contributed by atoms with E-state index in [2.05, 4.69) is 5.32 Å². The topological polar surface area (TPSA) is 55.4 Å². The third-order valence-corrected chi connectivity index (χ3v) is 7.45. The summed E-state index contributed by atoms with van der Waals surface area (Å²) < 4.78 is 5.29. The van der Waals surface area contributed by atoms with Crippen molar-refractivity contribution in [3.8, 4) is 0 Å². The Kier molecular flexibility index (Phi) is 6.55. The highest BCUT2D eigenvalue weighted by Gasteiger charge is 2.30. The Labute approximate surface area is 184 Å². The van der Waals surface area contributed by atoms with E-state index in [0.29, 0.717) is 17.2 Å². The lowest BCUT2D eigenvalue weighted by atomic mass is 10.1. The number of esters is 1. The van der Waals surface area contributed by atoms with Gasteiger partial charge in [-0.25, -0.2) is 4.79 Å². The lowest BCUT2D eigenvalue weighted by molar-refractivity contribution is -0.115. The van der Waals surface area contributed by atoms with Crippen LogP contribution in [0.5, 0.6) is 0 Å². The number of benzene rings is 2. The van der Waals surface area contributed by atoms with E-state index in [9.17, 15) is 9.59 Å². The first-order chi connectivity index (χ1) is 14.7.